The van der Waals surface area contributed by atoms with Crippen LogP contribution in [0.25, 0.3) is 0 Å². The predicted molar refractivity (Wildman–Crippen MR) is 117 cm³/mol. The molecule has 2 aromatic rings. The van der Waals surface area contributed by atoms with Crippen LogP contribution in [0.1, 0.15) is 74.5 Å². The van der Waals surface area contributed by atoms with E-state index >= 15 is 0 Å². The third-order valence-electron chi connectivity index (χ3n) is 8.53. The molecule has 3 aliphatic carbocycles. The van der Waals surface area contributed by atoms with Crippen LogP contribution in [-0.4, -0.2) is 17.2 Å². The van der Waals surface area contributed by atoms with Crippen LogP contribution in [0, 0.1) is 17.3 Å². The van der Waals surface area contributed by atoms with E-state index in [1.54, 1.807) is 0 Å². The van der Waals surface area contributed by atoms with Gasteiger partial charge in [-0.3, -0.25) is 4.79 Å². The van der Waals surface area contributed by atoms with E-state index in [1.165, 1.54) is 17.5 Å². The molecule has 0 saturated heterocycles. The zero-order valence-corrected chi connectivity index (χ0v) is 18.0. The topological polar surface area (TPSA) is 46.5 Å². The van der Waals surface area contributed by atoms with E-state index in [0.29, 0.717) is 23.5 Å². The Morgan fingerprint density at radius 2 is 1.90 bits per heavy atom. The Balaban J connectivity index is 1.33. The van der Waals surface area contributed by atoms with Gasteiger partial charge in [-0.25, -0.2) is 0 Å². The van der Waals surface area contributed by atoms with Crippen molar-refractivity contribution >= 4 is 5.97 Å². The monoisotopic (exact) mass is 404 g/mol. The van der Waals surface area contributed by atoms with Crippen molar-refractivity contribution in [2.75, 3.05) is 0 Å². The lowest BCUT2D eigenvalue weighted by Gasteiger charge is -2.50. The van der Waals surface area contributed by atoms with Crippen molar-refractivity contribution in [3.05, 3.63) is 65.2 Å². The summed E-state index contributed by atoms with van der Waals surface area (Å²) in [6, 6.07) is 15.9. The molecule has 3 aliphatic rings. The second-order valence-corrected chi connectivity index (χ2v) is 9.98. The number of hydrogen-bond donors (Lipinski definition) is 1. The fourth-order valence-electron chi connectivity index (χ4n) is 6.83. The van der Waals surface area contributed by atoms with E-state index in [0.717, 1.165) is 37.7 Å². The third kappa shape index (κ3) is 3.14. The standard InChI is InChI=1S/C27H32O3/c1-17(18-6-4-3-5-7-18)26(29)30-25-13-12-24-23-10-8-19-16-20(28)9-11-21(19)22(23)14-15-27(24,25)2/h3-7,9,11,16-17,22-25,28H,8,10,12-15H2,1-2H3/t17?,22-,23-,24+,25+,27+/m1/s1. The van der Waals surface area contributed by atoms with Gasteiger partial charge in [0, 0.05) is 5.41 Å². The van der Waals surface area contributed by atoms with Crippen molar-refractivity contribution in [1.29, 1.82) is 0 Å². The quantitative estimate of drug-likeness (QED) is 0.642. The first-order valence-electron chi connectivity index (χ1n) is 11.5. The molecule has 0 bridgehead atoms. The molecule has 30 heavy (non-hydrogen) atoms. The van der Waals surface area contributed by atoms with Crippen LogP contribution in [0.4, 0.5) is 0 Å². The summed E-state index contributed by atoms with van der Waals surface area (Å²) in [5.74, 6) is 1.94. The van der Waals surface area contributed by atoms with Crippen LogP contribution in [0.15, 0.2) is 48.5 Å². The van der Waals surface area contributed by atoms with Gasteiger partial charge in [-0.15, -0.1) is 0 Å². The molecule has 2 saturated carbocycles. The second kappa shape index (κ2) is 7.44. The Bertz CT molecular complexity index is 936. The van der Waals surface area contributed by atoms with Crippen LogP contribution in [0.2, 0.25) is 0 Å². The molecule has 1 unspecified atom stereocenters. The summed E-state index contributed by atoms with van der Waals surface area (Å²) < 4.78 is 6.19. The number of phenolic OH excluding ortho intramolecular Hbond substituents is 1. The molecule has 6 atom stereocenters. The highest BCUT2D eigenvalue weighted by Crippen LogP contribution is 2.61. The molecule has 0 aliphatic heterocycles. The maximum absolute atomic E-state index is 12.9. The van der Waals surface area contributed by atoms with Crippen LogP contribution >= 0.6 is 0 Å². The first-order chi connectivity index (χ1) is 14.5. The summed E-state index contributed by atoms with van der Waals surface area (Å²) in [5.41, 5.74) is 3.89. The van der Waals surface area contributed by atoms with Crippen molar-refractivity contribution in [3.8, 4) is 5.75 Å². The fraction of sp³-hybridized carbons (Fsp3) is 0.519. The number of aryl methyl sites for hydroxylation is 1. The molecule has 2 aromatic carbocycles. The molecule has 0 spiro atoms. The maximum atomic E-state index is 12.9. The molecule has 1 N–H and O–H groups in total. The minimum atomic E-state index is -0.223. The first-order valence-corrected chi connectivity index (χ1v) is 11.5. The molecule has 2 fully saturated rings. The summed E-state index contributed by atoms with van der Waals surface area (Å²) in [4.78, 5) is 12.9. The Kier molecular flexibility index (Phi) is 4.88. The molecule has 0 radical (unpaired) electrons. The minimum Gasteiger partial charge on any atom is -0.508 e. The van der Waals surface area contributed by atoms with Crippen molar-refractivity contribution in [2.45, 2.75) is 70.3 Å². The van der Waals surface area contributed by atoms with Gasteiger partial charge in [0.2, 0.25) is 0 Å². The van der Waals surface area contributed by atoms with E-state index in [4.69, 9.17) is 4.74 Å². The highest BCUT2D eigenvalue weighted by molar-refractivity contribution is 5.77. The number of ether oxygens (including phenoxy) is 1. The van der Waals surface area contributed by atoms with Crippen LogP contribution < -0.4 is 0 Å². The number of carbonyl (C=O) groups is 1. The summed E-state index contributed by atoms with van der Waals surface area (Å²) in [5, 5.41) is 9.87. The van der Waals surface area contributed by atoms with Gasteiger partial charge < -0.3 is 9.84 Å². The summed E-state index contributed by atoms with van der Waals surface area (Å²) in [6.45, 7) is 4.33. The zero-order valence-electron chi connectivity index (χ0n) is 18.0. The minimum absolute atomic E-state index is 0.0309. The largest absolute Gasteiger partial charge is 0.508 e. The van der Waals surface area contributed by atoms with Gasteiger partial charge in [0.15, 0.2) is 0 Å². The molecule has 3 heteroatoms. The van der Waals surface area contributed by atoms with E-state index < -0.39 is 0 Å². The van der Waals surface area contributed by atoms with Gasteiger partial charge >= 0.3 is 5.97 Å². The Morgan fingerprint density at radius 3 is 2.70 bits per heavy atom. The smallest absolute Gasteiger partial charge is 0.313 e. The molecule has 5 rings (SSSR count). The molecule has 0 aromatic heterocycles. The third-order valence-corrected chi connectivity index (χ3v) is 8.53. The van der Waals surface area contributed by atoms with Crippen molar-refractivity contribution in [3.63, 3.8) is 0 Å². The van der Waals surface area contributed by atoms with Crippen molar-refractivity contribution in [1.82, 2.24) is 0 Å². The van der Waals surface area contributed by atoms with Crippen LogP contribution in [0.3, 0.4) is 0 Å². The van der Waals surface area contributed by atoms with Gasteiger partial charge in [0.25, 0.3) is 0 Å². The molecule has 0 heterocycles. The number of fused-ring (bicyclic) bond motifs is 5. The highest BCUT2D eigenvalue weighted by Gasteiger charge is 2.56. The summed E-state index contributed by atoms with van der Waals surface area (Å²) in [7, 11) is 0. The Morgan fingerprint density at radius 1 is 1.10 bits per heavy atom. The van der Waals surface area contributed by atoms with Gasteiger partial charge in [0.1, 0.15) is 11.9 Å². The van der Waals surface area contributed by atoms with Gasteiger partial charge in [-0.1, -0.05) is 43.3 Å². The molecule has 3 nitrogen and oxygen atoms in total. The maximum Gasteiger partial charge on any atom is 0.313 e. The number of carbonyl (C=O) groups excluding carboxylic acids is 1. The fourth-order valence-corrected chi connectivity index (χ4v) is 6.83. The van der Waals surface area contributed by atoms with E-state index in [1.807, 2.05) is 49.4 Å². The van der Waals surface area contributed by atoms with Crippen LogP contribution in [-0.2, 0) is 16.0 Å². The zero-order chi connectivity index (χ0) is 20.9. The van der Waals surface area contributed by atoms with E-state index in [-0.39, 0.29) is 23.4 Å². The summed E-state index contributed by atoms with van der Waals surface area (Å²) >= 11 is 0. The second-order valence-electron chi connectivity index (χ2n) is 9.98. The van der Waals surface area contributed by atoms with E-state index in [2.05, 4.69) is 13.0 Å². The number of aromatic hydroxyl groups is 1. The molecular weight excluding hydrogens is 372 g/mol. The average Bonchev–Trinajstić information content (AvgIpc) is 3.09. The molecule has 158 valence electrons. The molecular formula is C27H32O3. The number of phenols is 1. The Hall–Kier alpha value is -2.29. The Labute approximate surface area is 179 Å². The lowest BCUT2D eigenvalue weighted by molar-refractivity contribution is -0.159. The molecule has 0 amide bonds. The van der Waals surface area contributed by atoms with Gasteiger partial charge in [-0.05, 0) is 92.0 Å². The number of benzene rings is 2. The van der Waals surface area contributed by atoms with Gasteiger partial charge in [-0.2, -0.15) is 0 Å². The van der Waals surface area contributed by atoms with Crippen molar-refractivity contribution in [2.24, 2.45) is 17.3 Å². The lowest BCUT2D eigenvalue weighted by atomic mass is 9.55. The first kappa shape index (κ1) is 19.7. The van der Waals surface area contributed by atoms with Gasteiger partial charge in [0.05, 0.1) is 5.92 Å². The summed E-state index contributed by atoms with van der Waals surface area (Å²) in [6.07, 6.45) is 6.66. The predicted octanol–water partition coefficient (Wildman–Crippen LogP) is 5.96. The average molecular weight is 405 g/mol. The highest BCUT2D eigenvalue weighted by atomic mass is 16.5. The van der Waals surface area contributed by atoms with Crippen molar-refractivity contribution < 1.29 is 14.6 Å². The van der Waals surface area contributed by atoms with Crippen LogP contribution in [0.5, 0.6) is 5.75 Å². The van der Waals surface area contributed by atoms with E-state index in [9.17, 15) is 9.90 Å². The number of esters is 1. The number of hydrogen-bond acceptors (Lipinski definition) is 3. The SMILES string of the molecule is CC(C(=O)O[C@H]1CC[C@H]2[C@@H]3CCc4cc(O)ccc4[C@H]3CC[C@]12C)c1ccccc1. The number of rotatable bonds is 3. The normalized spacial score (nSPS) is 33.1. The lowest BCUT2D eigenvalue weighted by Crippen LogP contribution is -2.45.